The second-order valence-corrected chi connectivity index (χ2v) is 5.76. The van der Waals surface area contributed by atoms with Crippen molar-refractivity contribution < 1.29 is 9.13 Å². The summed E-state index contributed by atoms with van der Waals surface area (Å²) in [5, 5.41) is 0. The smallest absolute Gasteiger partial charge is 0.124 e. The molecule has 0 radical (unpaired) electrons. The van der Waals surface area contributed by atoms with Crippen molar-refractivity contribution >= 4 is 15.9 Å². The highest BCUT2D eigenvalue weighted by atomic mass is 79.9. The lowest BCUT2D eigenvalue weighted by Gasteiger charge is -2.20. The molecule has 3 rings (SSSR count). The predicted molar refractivity (Wildman–Crippen MR) is 80.2 cm³/mol. The summed E-state index contributed by atoms with van der Waals surface area (Å²) in [6, 6.07) is 13.0. The minimum atomic E-state index is -0.217. The lowest BCUT2D eigenvalue weighted by atomic mass is 10.1. The Labute approximate surface area is 126 Å². The van der Waals surface area contributed by atoms with Crippen LogP contribution in [0.1, 0.15) is 11.1 Å². The summed E-state index contributed by atoms with van der Waals surface area (Å²) in [5.74, 6) is 0.748. The molecule has 0 fully saturated rings. The number of nitrogens with zero attached hydrogens (tertiary/aromatic N) is 1. The highest BCUT2D eigenvalue weighted by Crippen LogP contribution is 2.25. The average Bonchev–Trinajstić information content (AvgIpc) is 2.63. The Morgan fingerprint density at radius 2 is 2.05 bits per heavy atom. The van der Waals surface area contributed by atoms with Crippen LogP contribution in [-0.4, -0.2) is 18.1 Å². The summed E-state index contributed by atoms with van der Waals surface area (Å²) in [7, 11) is 0. The Balaban J connectivity index is 1.78. The molecular formula is C16H15BrFNO. The van der Waals surface area contributed by atoms with Gasteiger partial charge in [-0.3, -0.25) is 4.90 Å². The zero-order valence-electron chi connectivity index (χ0n) is 11.0. The van der Waals surface area contributed by atoms with Crippen LogP contribution in [-0.2, 0) is 13.1 Å². The molecule has 2 nitrogen and oxygen atoms in total. The van der Waals surface area contributed by atoms with Crippen LogP contribution in [0.2, 0.25) is 0 Å². The molecule has 0 N–H and O–H groups in total. The number of hydrogen-bond acceptors (Lipinski definition) is 2. The third kappa shape index (κ3) is 3.02. The van der Waals surface area contributed by atoms with E-state index in [1.165, 1.54) is 17.7 Å². The van der Waals surface area contributed by atoms with Crippen LogP contribution >= 0.6 is 15.9 Å². The minimum absolute atomic E-state index is 0.217. The van der Waals surface area contributed by atoms with E-state index in [1.807, 2.05) is 24.3 Å². The Morgan fingerprint density at radius 3 is 2.90 bits per heavy atom. The van der Waals surface area contributed by atoms with Gasteiger partial charge in [0.15, 0.2) is 0 Å². The van der Waals surface area contributed by atoms with Crippen LogP contribution < -0.4 is 4.74 Å². The van der Waals surface area contributed by atoms with E-state index in [-0.39, 0.29) is 5.82 Å². The van der Waals surface area contributed by atoms with Crippen LogP contribution in [0.5, 0.6) is 5.75 Å². The van der Waals surface area contributed by atoms with Crippen LogP contribution in [0.4, 0.5) is 4.39 Å². The lowest BCUT2D eigenvalue weighted by molar-refractivity contribution is 0.219. The standard InChI is InChI=1S/C16H15BrFNO/c17-15-9-14(18)6-5-12(15)10-19-7-8-20-16-4-2-1-3-13(16)11-19/h1-6,9H,7-8,10-11H2. The maximum absolute atomic E-state index is 13.1. The Kier molecular flexibility index (Phi) is 4.03. The fraction of sp³-hybridized carbons (Fsp3) is 0.250. The van der Waals surface area contributed by atoms with Gasteiger partial charge in [-0.1, -0.05) is 40.2 Å². The molecule has 0 saturated heterocycles. The first-order valence-corrected chi connectivity index (χ1v) is 7.38. The van der Waals surface area contributed by atoms with Gasteiger partial charge in [-0.2, -0.15) is 0 Å². The molecule has 0 bridgehead atoms. The van der Waals surface area contributed by atoms with Gasteiger partial charge >= 0.3 is 0 Å². The van der Waals surface area contributed by atoms with Gasteiger partial charge in [-0.25, -0.2) is 4.39 Å². The van der Waals surface area contributed by atoms with Crippen molar-refractivity contribution in [2.45, 2.75) is 13.1 Å². The molecular weight excluding hydrogens is 321 g/mol. The number of benzene rings is 2. The van der Waals surface area contributed by atoms with Gasteiger partial charge in [-0.15, -0.1) is 0 Å². The number of hydrogen-bond donors (Lipinski definition) is 0. The average molecular weight is 336 g/mol. The van der Waals surface area contributed by atoms with Crippen molar-refractivity contribution in [3.8, 4) is 5.75 Å². The Hall–Kier alpha value is -1.39. The van der Waals surface area contributed by atoms with Crippen LogP contribution in [0, 0.1) is 5.82 Å². The third-order valence-corrected chi connectivity index (χ3v) is 4.18. The summed E-state index contributed by atoms with van der Waals surface area (Å²) in [6.45, 7) is 3.16. The molecule has 4 heteroatoms. The monoisotopic (exact) mass is 335 g/mol. The quantitative estimate of drug-likeness (QED) is 0.822. The molecule has 2 aromatic carbocycles. The van der Waals surface area contributed by atoms with Crippen molar-refractivity contribution in [3.05, 3.63) is 63.9 Å². The zero-order chi connectivity index (χ0) is 13.9. The number of ether oxygens (including phenoxy) is 1. The SMILES string of the molecule is Fc1ccc(CN2CCOc3ccccc3C2)c(Br)c1. The van der Waals surface area contributed by atoms with E-state index in [1.54, 1.807) is 0 Å². The molecule has 0 unspecified atom stereocenters. The number of rotatable bonds is 2. The largest absolute Gasteiger partial charge is 0.492 e. The second-order valence-electron chi connectivity index (χ2n) is 4.90. The molecule has 20 heavy (non-hydrogen) atoms. The topological polar surface area (TPSA) is 12.5 Å². The van der Waals surface area contributed by atoms with E-state index in [9.17, 15) is 4.39 Å². The maximum atomic E-state index is 13.1. The maximum Gasteiger partial charge on any atom is 0.124 e. The minimum Gasteiger partial charge on any atom is -0.492 e. The van der Waals surface area contributed by atoms with E-state index < -0.39 is 0 Å². The second kappa shape index (κ2) is 5.94. The van der Waals surface area contributed by atoms with Crippen LogP contribution in [0.3, 0.4) is 0 Å². The predicted octanol–water partition coefficient (Wildman–Crippen LogP) is 3.98. The van der Waals surface area contributed by atoms with Gasteiger partial charge in [-0.05, 0) is 23.8 Å². The highest BCUT2D eigenvalue weighted by molar-refractivity contribution is 9.10. The third-order valence-electron chi connectivity index (χ3n) is 3.44. The van der Waals surface area contributed by atoms with Gasteiger partial charge < -0.3 is 4.74 Å². The number of fused-ring (bicyclic) bond motifs is 1. The molecule has 104 valence electrons. The molecule has 1 aliphatic heterocycles. The van der Waals surface area contributed by atoms with E-state index in [2.05, 4.69) is 26.9 Å². The van der Waals surface area contributed by atoms with Gasteiger partial charge in [0.25, 0.3) is 0 Å². The van der Waals surface area contributed by atoms with Crippen molar-refractivity contribution in [2.75, 3.05) is 13.2 Å². The molecule has 0 atom stereocenters. The highest BCUT2D eigenvalue weighted by Gasteiger charge is 2.16. The van der Waals surface area contributed by atoms with E-state index >= 15 is 0 Å². The van der Waals surface area contributed by atoms with E-state index in [0.717, 1.165) is 35.4 Å². The fourth-order valence-electron chi connectivity index (χ4n) is 2.41. The zero-order valence-corrected chi connectivity index (χ0v) is 12.6. The molecule has 1 aliphatic rings. The van der Waals surface area contributed by atoms with Gasteiger partial charge in [0, 0.05) is 29.7 Å². The Morgan fingerprint density at radius 1 is 1.20 bits per heavy atom. The normalized spacial score (nSPS) is 15.3. The van der Waals surface area contributed by atoms with Crippen LogP contribution in [0.15, 0.2) is 46.9 Å². The molecule has 0 saturated carbocycles. The van der Waals surface area contributed by atoms with Gasteiger partial charge in [0.2, 0.25) is 0 Å². The van der Waals surface area contributed by atoms with Crippen molar-refractivity contribution in [3.63, 3.8) is 0 Å². The summed E-state index contributed by atoms with van der Waals surface area (Å²) in [6.07, 6.45) is 0. The van der Waals surface area contributed by atoms with Gasteiger partial charge in [0.05, 0.1) is 0 Å². The first-order chi connectivity index (χ1) is 9.72. The molecule has 2 aromatic rings. The molecule has 0 spiro atoms. The fourth-order valence-corrected chi connectivity index (χ4v) is 2.88. The van der Waals surface area contributed by atoms with Crippen molar-refractivity contribution in [1.29, 1.82) is 0 Å². The lowest BCUT2D eigenvalue weighted by Crippen LogP contribution is -2.25. The van der Waals surface area contributed by atoms with E-state index in [4.69, 9.17) is 4.74 Å². The van der Waals surface area contributed by atoms with Crippen molar-refractivity contribution in [1.82, 2.24) is 4.90 Å². The molecule has 0 amide bonds. The van der Waals surface area contributed by atoms with Crippen molar-refractivity contribution in [2.24, 2.45) is 0 Å². The Bertz CT molecular complexity index is 617. The summed E-state index contributed by atoms with van der Waals surface area (Å²) < 4.78 is 19.7. The number of para-hydroxylation sites is 1. The summed E-state index contributed by atoms with van der Waals surface area (Å²) >= 11 is 3.43. The summed E-state index contributed by atoms with van der Waals surface area (Å²) in [5.41, 5.74) is 2.29. The molecule has 1 heterocycles. The first kappa shape index (κ1) is 13.6. The van der Waals surface area contributed by atoms with E-state index in [0.29, 0.717) is 6.61 Å². The first-order valence-electron chi connectivity index (χ1n) is 6.59. The number of halogens is 2. The molecule has 0 aromatic heterocycles. The summed E-state index contributed by atoms with van der Waals surface area (Å²) in [4.78, 5) is 2.31. The van der Waals surface area contributed by atoms with Gasteiger partial charge in [0.1, 0.15) is 18.2 Å². The van der Waals surface area contributed by atoms with Crippen LogP contribution in [0.25, 0.3) is 0 Å². The molecule has 0 aliphatic carbocycles.